The third-order valence-corrected chi connectivity index (χ3v) is 3.37. The third-order valence-electron chi connectivity index (χ3n) is 3.37. The molecule has 0 aromatic heterocycles. The van der Waals surface area contributed by atoms with Crippen LogP contribution in [0.4, 0.5) is 4.39 Å². The van der Waals surface area contributed by atoms with Crippen LogP contribution < -0.4 is 10.1 Å². The lowest BCUT2D eigenvalue weighted by Crippen LogP contribution is -2.35. The van der Waals surface area contributed by atoms with Gasteiger partial charge < -0.3 is 10.1 Å². The Balaban J connectivity index is 2.68. The standard InChI is InChI=1S/C15H24FNO/c1-5-14(17-6-2)11(3)9-12-7-8-15(18-4)13(16)10-12/h7-8,10-11,14,17H,5-6,9H2,1-4H3. The first-order valence-electron chi connectivity index (χ1n) is 6.68. The molecule has 0 bridgehead atoms. The summed E-state index contributed by atoms with van der Waals surface area (Å²) in [6.07, 6.45) is 1.97. The fourth-order valence-electron chi connectivity index (χ4n) is 2.36. The lowest BCUT2D eigenvalue weighted by Gasteiger charge is -2.23. The molecular formula is C15H24FNO. The molecule has 0 saturated carbocycles. The first kappa shape index (κ1) is 15.0. The first-order valence-corrected chi connectivity index (χ1v) is 6.68. The topological polar surface area (TPSA) is 21.3 Å². The molecule has 1 aromatic carbocycles. The summed E-state index contributed by atoms with van der Waals surface area (Å²) in [6, 6.07) is 5.71. The highest BCUT2D eigenvalue weighted by Gasteiger charge is 2.15. The predicted octanol–water partition coefficient (Wildman–Crippen LogP) is 3.40. The number of nitrogens with one attached hydrogen (secondary N) is 1. The molecule has 3 heteroatoms. The van der Waals surface area contributed by atoms with Gasteiger partial charge in [-0.05, 0) is 43.0 Å². The Morgan fingerprint density at radius 2 is 2.06 bits per heavy atom. The molecule has 102 valence electrons. The smallest absolute Gasteiger partial charge is 0.165 e. The molecule has 0 fully saturated rings. The van der Waals surface area contributed by atoms with E-state index < -0.39 is 0 Å². The molecule has 1 aromatic rings. The van der Waals surface area contributed by atoms with Crippen molar-refractivity contribution >= 4 is 0 Å². The van der Waals surface area contributed by atoms with Crippen LogP contribution in [-0.2, 0) is 6.42 Å². The molecule has 2 unspecified atom stereocenters. The SMILES string of the molecule is CCNC(CC)C(C)Cc1ccc(OC)c(F)c1. The molecule has 18 heavy (non-hydrogen) atoms. The van der Waals surface area contributed by atoms with Crippen LogP contribution in [0.5, 0.6) is 5.75 Å². The maximum atomic E-state index is 13.6. The van der Waals surface area contributed by atoms with Gasteiger partial charge in [0.05, 0.1) is 7.11 Å². The number of ether oxygens (including phenoxy) is 1. The van der Waals surface area contributed by atoms with Crippen LogP contribution in [0.1, 0.15) is 32.8 Å². The van der Waals surface area contributed by atoms with Crippen molar-refractivity contribution in [1.29, 1.82) is 0 Å². The van der Waals surface area contributed by atoms with E-state index >= 15 is 0 Å². The Morgan fingerprint density at radius 1 is 1.33 bits per heavy atom. The zero-order valence-electron chi connectivity index (χ0n) is 11.8. The van der Waals surface area contributed by atoms with Gasteiger partial charge in [-0.3, -0.25) is 0 Å². The number of methoxy groups -OCH3 is 1. The molecule has 0 amide bonds. The van der Waals surface area contributed by atoms with E-state index in [1.807, 2.05) is 6.07 Å². The highest BCUT2D eigenvalue weighted by molar-refractivity contribution is 5.29. The van der Waals surface area contributed by atoms with Crippen LogP contribution in [0.15, 0.2) is 18.2 Å². The van der Waals surface area contributed by atoms with Gasteiger partial charge in [0.1, 0.15) is 0 Å². The molecule has 0 spiro atoms. The number of rotatable bonds is 7. The van der Waals surface area contributed by atoms with E-state index in [0.717, 1.165) is 24.9 Å². The van der Waals surface area contributed by atoms with E-state index in [4.69, 9.17) is 4.74 Å². The number of halogens is 1. The lowest BCUT2D eigenvalue weighted by atomic mass is 9.92. The molecule has 2 atom stereocenters. The van der Waals surface area contributed by atoms with Gasteiger partial charge in [-0.1, -0.05) is 26.8 Å². The molecule has 0 aliphatic rings. The van der Waals surface area contributed by atoms with Crippen LogP contribution in [-0.4, -0.2) is 19.7 Å². The number of benzene rings is 1. The van der Waals surface area contributed by atoms with Gasteiger partial charge in [-0.15, -0.1) is 0 Å². The minimum absolute atomic E-state index is 0.279. The highest BCUT2D eigenvalue weighted by atomic mass is 19.1. The second-order valence-corrected chi connectivity index (χ2v) is 4.72. The van der Waals surface area contributed by atoms with Gasteiger partial charge in [0.25, 0.3) is 0 Å². The molecule has 1 N–H and O–H groups in total. The molecule has 0 heterocycles. The second-order valence-electron chi connectivity index (χ2n) is 4.72. The normalized spacial score (nSPS) is 14.3. The molecule has 0 radical (unpaired) electrons. The van der Waals surface area contributed by atoms with Gasteiger partial charge in [0, 0.05) is 6.04 Å². The fourth-order valence-corrected chi connectivity index (χ4v) is 2.36. The summed E-state index contributed by atoms with van der Waals surface area (Å²) >= 11 is 0. The predicted molar refractivity (Wildman–Crippen MR) is 73.6 cm³/mol. The summed E-state index contributed by atoms with van der Waals surface area (Å²) < 4.78 is 18.5. The van der Waals surface area contributed by atoms with E-state index in [2.05, 4.69) is 26.1 Å². The Morgan fingerprint density at radius 3 is 2.56 bits per heavy atom. The summed E-state index contributed by atoms with van der Waals surface area (Å²) in [7, 11) is 1.49. The minimum atomic E-state index is -0.279. The average molecular weight is 253 g/mol. The molecule has 2 nitrogen and oxygen atoms in total. The van der Waals surface area contributed by atoms with Crippen LogP contribution in [0.3, 0.4) is 0 Å². The Kier molecular flexibility index (Phi) is 6.13. The van der Waals surface area contributed by atoms with E-state index in [9.17, 15) is 4.39 Å². The van der Waals surface area contributed by atoms with E-state index in [0.29, 0.717) is 17.7 Å². The van der Waals surface area contributed by atoms with Crippen LogP contribution in [0.25, 0.3) is 0 Å². The minimum Gasteiger partial charge on any atom is -0.494 e. The number of hydrogen-bond donors (Lipinski definition) is 1. The van der Waals surface area contributed by atoms with Crippen molar-refractivity contribution in [2.24, 2.45) is 5.92 Å². The van der Waals surface area contributed by atoms with Crippen molar-refractivity contribution in [3.8, 4) is 5.75 Å². The summed E-state index contributed by atoms with van der Waals surface area (Å²) in [5, 5.41) is 3.47. The fraction of sp³-hybridized carbons (Fsp3) is 0.600. The van der Waals surface area contributed by atoms with Gasteiger partial charge in [-0.2, -0.15) is 0 Å². The molecular weight excluding hydrogens is 229 g/mol. The Hall–Kier alpha value is -1.09. The van der Waals surface area contributed by atoms with Crippen molar-refractivity contribution in [1.82, 2.24) is 5.32 Å². The van der Waals surface area contributed by atoms with Crippen LogP contribution >= 0.6 is 0 Å². The quantitative estimate of drug-likeness (QED) is 0.804. The van der Waals surface area contributed by atoms with Crippen molar-refractivity contribution in [3.63, 3.8) is 0 Å². The average Bonchev–Trinajstić information content (AvgIpc) is 2.36. The largest absolute Gasteiger partial charge is 0.494 e. The van der Waals surface area contributed by atoms with Gasteiger partial charge in [0.2, 0.25) is 0 Å². The van der Waals surface area contributed by atoms with Crippen LogP contribution in [0, 0.1) is 11.7 Å². The van der Waals surface area contributed by atoms with E-state index in [1.54, 1.807) is 12.1 Å². The van der Waals surface area contributed by atoms with Crippen molar-refractivity contribution in [2.45, 2.75) is 39.7 Å². The molecule has 0 saturated heterocycles. The second kappa shape index (κ2) is 7.37. The van der Waals surface area contributed by atoms with Crippen molar-refractivity contribution < 1.29 is 9.13 Å². The summed E-state index contributed by atoms with van der Waals surface area (Å²) in [5.74, 6) is 0.520. The summed E-state index contributed by atoms with van der Waals surface area (Å²) in [4.78, 5) is 0. The highest BCUT2D eigenvalue weighted by Crippen LogP contribution is 2.21. The lowest BCUT2D eigenvalue weighted by molar-refractivity contribution is 0.368. The zero-order chi connectivity index (χ0) is 13.5. The maximum absolute atomic E-state index is 13.6. The summed E-state index contributed by atoms with van der Waals surface area (Å²) in [6.45, 7) is 7.47. The monoisotopic (exact) mass is 253 g/mol. The van der Waals surface area contributed by atoms with E-state index in [1.165, 1.54) is 7.11 Å². The zero-order valence-corrected chi connectivity index (χ0v) is 11.8. The maximum Gasteiger partial charge on any atom is 0.165 e. The third kappa shape index (κ3) is 3.98. The molecule has 1 rings (SSSR count). The molecule has 0 aliphatic heterocycles. The van der Waals surface area contributed by atoms with Gasteiger partial charge in [0.15, 0.2) is 11.6 Å². The van der Waals surface area contributed by atoms with E-state index in [-0.39, 0.29) is 5.82 Å². The van der Waals surface area contributed by atoms with Crippen LogP contribution in [0.2, 0.25) is 0 Å². The van der Waals surface area contributed by atoms with Gasteiger partial charge >= 0.3 is 0 Å². The van der Waals surface area contributed by atoms with Gasteiger partial charge in [-0.25, -0.2) is 4.39 Å². The van der Waals surface area contributed by atoms with Crippen molar-refractivity contribution in [2.75, 3.05) is 13.7 Å². The molecule has 0 aliphatic carbocycles. The van der Waals surface area contributed by atoms with Crippen molar-refractivity contribution in [3.05, 3.63) is 29.6 Å². The summed E-state index contributed by atoms with van der Waals surface area (Å²) in [5.41, 5.74) is 1.03. The Labute approximate surface area is 110 Å². The first-order chi connectivity index (χ1) is 8.62. The number of hydrogen-bond acceptors (Lipinski definition) is 2. The Bertz CT molecular complexity index is 368.